The van der Waals surface area contributed by atoms with Crippen LogP contribution in [0.2, 0.25) is 0 Å². The number of halogens is 3. The first-order valence-electron chi connectivity index (χ1n) is 3.78. The SMILES string of the molecule is CCN(C)CC(O)CC(F)(F)F.[Co]. The maximum atomic E-state index is 11.7. The van der Waals surface area contributed by atoms with Crippen molar-refractivity contribution in [2.24, 2.45) is 0 Å². The summed E-state index contributed by atoms with van der Waals surface area (Å²) >= 11 is 0. The first-order valence-corrected chi connectivity index (χ1v) is 3.78. The second-order valence-electron chi connectivity index (χ2n) is 2.83. The Labute approximate surface area is 86.3 Å². The average molecular weight is 244 g/mol. The van der Waals surface area contributed by atoms with E-state index in [9.17, 15) is 13.2 Å². The monoisotopic (exact) mass is 244 g/mol. The van der Waals surface area contributed by atoms with Gasteiger partial charge in [-0.25, -0.2) is 0 Å². The number of hydrogen-bond acceptors (Lipinski definition) is 2. The van der Waals surface area contributed by atoms with E-state index in [1.54, 1.807) is 11.9 Å². The van der Waals surface area contributed by atoms with Crippen molar-refractivity contribution in [3.63, 3.8) is 0 Å². The molecule has 0 aliphatic rings. The largest absolute Gasteiger partial charge is 0.391 e. The van der Waals surface area contributed by atoms with Gasteiger partial charge in [0.05, 0.1) is 12.5 Å². The minimum absolute atomic E-state index is 0. The normalized spacial score (nSPS) is 14.1. The van der Waals surface area contributed by atoms with Gasteiger partial charge in [0.1, 0.15) is 0 Å². The zero-order chi connectivity index (χ0) is 9.78. The molecule has 2 nitrogen and oxygen atoms in total. The van der Waals surface area contributed by atoms with Crippen LogP contribution in [0.3, 0.4) is 0 Å². The number of aliphatic hydroxyl groups excluding tert-OH is 1. The van der Waals surface area contributed by atoms with Crippen molar-refractivity contribution in [2.75, 3.05) is 20.1 Å². The summed E-state index contributed by atoms with van der Waals surface area (Å²) in [6.45, 7) is 2.52. The third-order valence-electron chi connectivity index (χ3n) is 1.53. The van der Waals surface area contributed by atoms with Crippen molar-refractivity contribution in [3.8, 4) is 0 Å². The molecule has 1 unspecified atom stereocenters. The van der Waals surface area contributed by atoms with Crippen LogP contribution in [0, 0.1) is 0 Å². The molecule has 1 N–H and O–H groups in total. The molecule has 1 atom stereocenters. The van der Waals surface area contributed by atoms with Crippen LogP contribution in [0.5, 0.6) is 0 Å². The number of aliphatic hydroxyl groups is 1. The zero-order valence-corrected chi connectivity index (χ0v) is 8.60. The Morgan fingerprint density at radius 2 is 1.85 bits per heavy atom. The van der Waals surface area contributed by atoms with E-state index in [2.05, 4.69) is 0 Å². The summed E-state index contributed by atoms with van der Waals surface area (Å²) in [6.07, 6.45) is -6.71. The molecule has 13 heavy (non-hydrogen) atoms. The maximum absolute atomic E-state index is 11.7. The van der Waals surface area contributed by atoms with Gasteiger partial charge in [-0.2, -0.15) is 13.2 Å². The summed E-state index contributed by atoms with van der Waals surface area (Å²) in [6, 6.07) is 0. The smallest absolute Gasteiger partial charge is 0.391 e. The van der Waals surface area contributed by atoms with Gasteiger partial charge in [-0.3, -0.25) is 0 Å². The predicted molar refractivity (Wildman–Crippen MR) is 39.8 cm³/mol. The summed E-state index contributed by atoms with van der Waals surface area (Å²) < 4.78 is 35.0. The fraction of sp³-hybridized carbons (Fsp3) is 1.00. The van der Waals surface area contributed by atoms with Crippen molar-refractivity contribution in [2.45, 2.75) is 25.6 Å². The van der Waals surface area contributed by atoms with Crippen LogP contribution in [0.1, 0.15) is 13.3 Å². The molecule has 0 bridgehead atoms. The molecule has 0 aliphatic heterocycles. The van der Waals surface area contributed by atoms with Crippen LogP contribution in [0.4, 0.5) is 13.2 Å². The standard InChI is InChI=1S/C7H14F3NO.Co/c1-3-11(2)5-6(12)4-7(8,9)10;/h6,12H,3-5H2,1-2H3;. The third-order valence-corrected chi connectivity index (χ3v) is 1.53. The summed E-state index contributed by atoms with van der Waals surface area (Å²) in [5.41, 5.74) is 0. The molecule has 0 saturated carbocycles. The number of nitrogens with zero attached hydrogens (tertiary/aromatic N) is 1. The van der Waals surface area contributed by atoms with Gasteiger partial charge >= 0.3 is 6.18 Å². The molecule has 0 rings (SSSR count). The Bertz CT molecular complexity index is 131. The van der Waals surface area contributed by atoms with Crippen molar-refractivity contribution in [1.29, 1.82) is 0 Å². The van der Waals surface area contributed by atoms with Crippen LogP contribution in [0.25, 0.3) is 0 Å². The van der Waals surface area contributed by atoms with E-state index in [0.717, 1.165) is 0 Å². The van der Waals surface area contributed by atoms with Crippen molar-refractivity contribution in [3.05, 3.63) is 0 Å². The fourth-order valence-electron chi connectivity index (χ4n) is 0.821. The van der Waals surface area contributed by atoms with E-state index in [1.807, 2.05) is 6.92 Å². The van der Waals surface area contributed by atoms with Gasteiger partial charge < -0.3 is 10.0 Å². The molecular weight excluding hydrogens is 230 g/mol. The third kappa shape index (κ3) is 10.1. The van der Waals surface area contributed by atoms with Crippen molar-refractivity contribution < 1.29 is 35.1 Å². The van der Waals surface area contributed by atoms with Crippen LogP contribution >= 0.6 is 0 Å². The number of rotatable bonds is 4. The molecule has 0 amide bonds. The topological polar surface area (TPSA) is 23.5 Å². The van der Waals surface area contributed by atoms with Gasteiger partial charge in [0.25, 0.3) is 0 Å². The summed E-state index contributed by atoms with van der Waals surface area (Å²) in [5.74, 6) is 0. The second kappa shape index (κ2) is 6.64. The van der Waals surface area contributed by atoms with E-state index < -0.39 is 18.7 Å². The Balaban J connectivity index is 0. The Morgan fingerprint density at radius 3 is 2.15 bits per heavy atom. The molecule has 0 aromatic heterocycles. The Morgan fingerprint density at radius 1 is 1.38 bits per heavy atom. The number of likely N-dealkylation sites (N-methyl/N-ethyl adjacent to an activating group) is 1. The average Bonchev–Trinajstić information content (AvgIpc) is 1.82. The summed E-state index contributed by atoms with van der Waals surface area (Å²) in [5, 5.41) is 8.92. The van der Waals surface area contributed by atoms with Gasteiger partial charge in [0.2, 0.25) is 0 Å². The molecule has 0 saturated heterocycles. The van der Waals surface area contributed by atoms with Gasteiger partial charge in [0.15, 0.2) is 0 Å². The molecule has 1 radical (unpaired) electrons. The zero-order valence-electron chi connectivity index (χ0n) is 7.56. The van der Waals surface area contributed by atoms with Crippen LogP contribution < -0.4 is 0 Å². The van der Waals surface area contributed by atoms with E-state index in [0.29, 0.717) is 6.54 Å². The van der Waals surface area contributed by atoms with E-state index in [1.165, 1.54) is 0 Å². The quantitative estimate of drug-likeness (QED) is 0.804. The Hall–Kier alpha value is 0.216. The number of hydrogen-bond donors (Lipinski definition) is 1. The second-order valence-corrected chi connectivity index (χ2v) is 2.83. The van der Waals surface area contributed by atoms with Crippen molar-refractivity contribution >= 4 is 0 Å². The molecule has 0 aromatic carbocycles. The maximum Gasteiger partial charge on any atom is 0.391 e. The summed E-state index contributed by atoms with van der Waals surface area (Å²) in [7, 11) is 1.67. The number of alkyl halides is 3. The molecule has 6 heteroatoms. The van der Waals surface area contributed by atoms with Gasteiger partial charge in [0, 0.05) is 23.3 Å². The minimum Gasteiger partial charge on any atom is -0.391 e. The molecule has 83 valence electrons. The van der Waals surface area contributed by atoms with E-state index in [4.69, 9.17) is 5.11 Å². The van der Waals surface area contributed by atoms with Gasteiger partial charge in [-0.1, -0.05) is 6.92 Å². The van der Waals surface area contributed by atoms with E-state index in [-0.39, 0.29) is 23.3 Å². The van der Waals surface area contributed by atoms with Crippen LogP contribution in [-0.2, 0) is 16.8 Å². The van der Waals surface area contributed by atoms with Gasteiger partial charge in [-0.05, 0) is 13.6 Å². The first kappa shape index (κ1) is 15.7. The molecule has 0 aromatic rings. The van der Waals surface area contributed by atoms with Gasteiger partial charge in [-0.15, -0.1) is 0 Å². The molecule has 0 heterocycles. The molecule has 0 aliphatic carbocycles. The minimum atomic E-state index is -4.27. The molecule has 0 fully saturated rings. The fourth-order valence-corrected chi connectivity index (χ4v) is 0.821. The first-order chi connectivity index (χ1) is 5.35. The Kier molecular flexibility index (Phi) is 8.01. The van der Waals surface area contributed by atoms with Crippen molar-refractivity contribution in [1.82, 2.24) is 4.90 Å². The van der Waals surface area contributed by atoms with Crippen LogP contribution in [0.15, 0.2) is 0 Å². The predicted octanol–water partition coefficient (Wildman–Crippen LogP) is 1.25. The summed E-state index contributed by atoms with van der Waals surface area (Å²) in [4.78, 5) is 1.64. The van der Waals surface area contributed by atoms with E-state index >= 15 is 0 Å². The molecule has 0 spiro atoms. The molecular formula is C7H14CoF3NO. The van der Waals surface area contributed by atoms with Crippen LogP contribution in [-0.4, -0.2) is 42.4 Å².